The lowest BCUT2D eigenvalue weighted by molar-refractivity contribution is 0.0261. The van der Waals surface area contributed by atoms with Crippen LogP contribution in [0.15, 0.2) is 0 Å². The molecule has 17 heavy (non-hydrogen) atoms. The normalized spacial score (nSPS) is 12.4. The molecular formula is C12H25NO4. The molecule has 0 aliphatic carbocycles. The summed E-state index contributed by atoms with van der Waals surface area (Å²) in [6.07, 6.45) is 0.128. The average Bonchev–Trinajstić information content (AvgIpc) is 2.06. The molecule has 0 radical (unpaired) electrons. The Morgan fingerprint density at radius 3 is 2.24 bits per heavy atom. The summed E-state index contributed by atoms with van der Waals surface area (Å²) in [5.41, 5.74) is -1.19. The SMILES string of the molecule is CC(C)(O)CCOCCNC(=O)OC(C)(C)C. The van der Waals surface area contributed by atoms with Gasteiger partial charge in [0.1, 0.15) is 5.60 Å². The summed E-state index contributed by atoms with van der Waals surface area (Å²) >= 11 is 0. The Bertz CT molecular complexity index is 228. The molecule has 0 aliphatic rings. The fraction of sp³-hybridized carbons (Fsp3) is 0.917. The van der Waals surface area contributed by atoms with Gasteiger partial charge in [-0.3, -0.25) is 0 Å². The van der Waals surface area contributed by atoms with Gasteiger partial charge in [0.2, 0.25) is 0 Å². The van der Waals surface area contributed by atoms with E-state index >= 15 is 0 Å². The molecule has 0 aromatic heterocycles. The van der Waals surface area contributed by atoms with E-state index in [1.54, 1.807) is 13.8 Å². The van der Waals surface area contributed by atoms with Gasteiger partial charge in [0, 0.05) is 13.2 Å². The molecule has 0 unspecified atom stereocenters. The predicted octanol–water partition coefficient (Wildman–Crippen LogP) is 1.69. The first kappa shape index (κ1) is 16.2. The number of ether oxygens (including phenoxy) is 2. The van der Waals surface area contributed by atoms with Crippen molar-refractivity contribution >= 4 is 6.09 Å². The summed E-state index contributed by atoms with van der Waals surface area (Å²) in [6, 6.07) is 0. The van der Waals surface area contributed by atoms with Gasteiger partial charge in [0.15, 0.2) is 0 Å². The number of hydrogen-bond donors (Lipinski definition) is 2. The van der Waals surface area contributed by atoms with Crippen molar-refractivity contribution in [2.75, 3.05) is 19.8 Å². The van der Waals surface area contributed by atoms with Gasteiger partial charge >= 0.3 is 6.09 Å². The van der Waals surface area contributed by atoms with Crippen molar-refractivity contribution in [3.63, 3.8) is 0 Å². The molecule has 0 spiro atoms. The Balaban J connectivity index is 3.44. The average molecular weight is 247 g/mol. The Kier molecular flexibility index (Phi) is 6.49. The molecule has 5 heteroatoms. The van der Waals surface area contributed by atoms with Crippen LogP contribution in [0.4, 0.5) is 4.79 Å². The van der Waals surface area contributed by atoms with E-state index in [-0.39, 0.29) is 0 Å². The van der Waals surface area contributed by atoms with Gasteiger partial charge in [-0.2, -0.15) is 0 Å². The molecule has 0 heterocycles. The lowest BCUT2D eigenvalue weighted by Gasteiger charge is -2.20. The fourth-order valence-electron chi connectivity index (χ4n) is 0.963. The Hall–Kier alpha value is -0.810. The number of hydrogen-bond acceptors (Lipinski definition) is 4. The van der Waals surface area contributed by atoms with E-state index in [1.165, 1.54) is 0 Å². The number of aliphatic hydroxyl groups is 1. The van der Waals surface area contributed by atoms with Crippen LogP contribution in [-0.2, 0) is 9.47 Å². The van der Waals surface area contributed by atoms with E-state index in [2.05, 4.69) is 5.32 Å². The third-order valence-electron chi connectivity index (χ3n) is 1.77. The summed E-state index contributed by atoms with van der Waals surface area (Å²) in [7, 11) is 0. The third-order valence-corrected chi connectivity index (χ3v) is 1.77. The molecule has 5 nitrogen and oxygen atoms in total. The molecule has 0 atom stereocenters. The number of carbonyl (C=O) groups excluding carboxylic acids is 1. The van der Waals surface area contributed by atoms with Gasteiger partial charge in [0.05, 0.1) is 12.2 Å². The lowest BCUT2D eigenvalue weighted by atomic mass is 10.1. The van der Waals surface area contributed by atoms with Crippen molar-refractivity contribution in [3.05, 3.63) is 0 Å². The lowest BCUT2D eigenvalue weighted by Crippen LogP contribution is -2.34. The smallest absolute Gasteiger partial charge is 0.407 e. The highest BCUT2D eigenvalue weighted by Gasteiger charge is 2.15. The van der Waals surface area contributed by atoms with Gasteiger partial charge < -0.3 is 19.9 Å². The van der Waals surface area contributed by atoms with Crippen LogP contribution in [0.25, 0.3) is 0 Å². The molecule has 0 aliphatic heterocycles. The highest BCUT2D eigenvalue weighted by molar-refractivity contribution is 5.67. The number of nitrogens with one attached hydrogen (secondary N) is 1. The largest absolute Gasteiger partial charge is 0.444 e. The van der Waals surface area contributed by atoms with E-state index in [0.29, 0.717) is 26.2 Å². The van der Waals surface area contributed by atoms with Crippen LogP contribution in [0.1, 0.15) is 41.0 Å². The summed E-state index contributed by atoms with van der Waals surface area (Å²) in [5.74, 6) is 0. The third kappa shape index (κ3) is 13.1. The molecule has 102 valence electrons. The summed E-state index contributed by atoms with van der Waals surface area (Å²) in [5, 5.41) is 12.0. The van der Waals surface area contributed by atoms with Crippen LogP contribution in [-0.4, -0.2) is 42.2 Å². The topological polar surface area (TPSA) is 67.8 Å². The van der Waals surface area contributed by atoms with Gasteiger partial charge in [-0.1, -0.05) is 0 Å². The minimum atomic E-state index is -0.710. The van der Waals surface area contributed by atoms with Gasteiger partial charge in [-0.15, -0.1) is 0 Å². The second-order valence-electron chi connectivity index (χ2n) is 5.60. The minimum absolute atomic E-state index is 0.404. The monoisotopic (exact) mass is 247 g/mol. The van der Waals surface area contributed by atoms with Crippen LogP contribution >= 0.6 is 0 Å². The number of carbonyl (C=O) groups is 1. The predicted molar refractivity (Wildman–Crippen MR) is 66.0 cm³/mol. The van der Waals surface area contributed by atoms with Crippen molar-refractivity contribution in [2.24, 2.45) is 0 Å². The summed E-state index contributed by atoms with van der Waals surface area (Å²) < 4.78 is 10.3. The maximum atomic E-state index is 11.2. The van der Waals surface area contributed by atoms with Gasteiger partial charge in [-0.25, -0.2) is 4.79 Å². The second kappa shape index (κ2) is 6.81. The molecule has 0 rings (SSSR count). The molecule has 0 saturated heterocycles. The van der Waals surface area contributed by atoms with E-state index in [1.807, 2.05) is 20.8 Å². The number of rotatable bonds is 6. The molecule has 0 aromatic carbocycles. The molecule has 0 fully saturated rings. The van der Waals surface area contributed by atoms with Crippen LogP contribution in [0, 0.1) is 0 Å². The Labute approximate surface area is 103 Å². The molecule has 2 N–H and O–H groups in total. The van der Waals surface area contributed by atoms with Crippen molar-refractivity contribution in [2.45, 2.75) is 52.2 Å². The summed E-state index contributed by atoms with van der Waals surface area (Å²) in [6.45, 7) is 10.2. The zero-order valence-corrected chi connectivity index (χ0v) is 11.5. The first-order valence-corrected chi connectivity index (χ1v) is 5.87. The standard InChI is InChI=1S/C12H25NO4/c1-11(2,3)17-10(14)13-7-9-16-8-6-12(4,5)15/h15H,6-9H2,1-5H3,(H,13,14). The van der Waals surface area contributed by atoms with Crippen LogP contribution in [0.3, 0.4) is 0 Å². The number of amides is 1. The maximum Gasteiger partial charge on any atom is 0.407 e. The fourth-order valence-corrected chi connectivity index (χ4v) is 0.963. The Morgan fingerprint density at radius 1 is 1.18 bits per heavy atom. The maximum absolute atomic E-state index is 11.2. The van der Waals surface area contributed by atoms with Gasteiger partial charge in [-0.05, 0) is 41.0 Å². The highest BCUT2D eigenvalue weighted by atomic mass is 16.6. The quantitative estimate of drug-likeness (QED) is 0.701. The van der Waals surface area contributed by atoms with E-state index in [0.717, 1.165) is 0 Å². The molecule has 0 aromatic rings. The molecule has 0 bridgehead atoms. The molecule has 0 saturated carbocycles. The Morgan fingerprint density at radius 2 is 1.76 bits per heavy atom. The molecule has 1 amide bonds. The zero-order valence-electron chi connectivity index (χ0n) is 11.5. The van der Waals surface area contributed by atoms with Crippen LogP contribution in [0.5, 0.6) is 0 Å². The van der Waals surface area contributed by atoms with Crippen LogP contribution < -0.4 is 5.32 Å². The highest BCUT2D eigenvalue weighted by Crippen LogP contribution is 2.07. The zero-order chi connectivity index (χ0) is 13.5. The van der Waals surface area contributed by atoms with Crippen molar-refractivity contribution in [1.82, 2.24) is 5.32 Å². The van der Waals surface area contributed by atoms with E-state index < -0.39 is 17.3 Å². The van der Waals surface area contributed by atoms with Crippen molar-refractivity contribution in [1.29, 1.82) is 0 Å². The van der Waals surface area contributed by atoms with Gasteiger partial charge in [0.25, 0.3) is 0 Å². The number of alkyl carbamates (subject to hydrolysis) is 1. The molecular weight excluding hydrogens is 222 g/mol. The van der Waals surface area contributed by atoms with Crippen molar-refractivity contribution < 1.29 is 19.4 Å². The second-order valence-corrected chi connectivity index (χ2v) is 5.60. The van der Waals surface area contributed by atoms with Crippen LogP contribution in [0.2, 0.25) is 0 Å². The van der Waals surface area contributed by atoms with E-state index in [4.69, 9.17) is 9.47 Å². The first-order chi connectivity index (χ1) is 7.60. The van der Waals surface area contributed by atoms with Crippen molar-refractivity contribution in [3.8, 4) is 0 Å². The summed E-state index contributed by atoms with van der Waals surface area (Å²) in [4.78, 5) is 11.2. The first-order valence-electron chi connectivity index (χ1n) is 5.87. The minimum Gasteiger partial charge on any atom is -0.444 e. The van der Waals surface area contributed by atoms with E-state index in [9.17, 15) is 9.90 Å².